The number of hydrogen-bond donors (Lipinski definition) is 0. The Balaban J connectivity index is 1.88. The van der Waals surface area contributed by atoms with Gasteiger partial charge in [0.15, 0.2) is 18.1 Å². The predicted molar refractivity (Wildman–Crippen MR) is 128 cm³/mol. The maximum Gasteiger partial charge on any atom is 0.332 e. The molecule has 3 aromatic rings. The lowest BCUT2D eigenvalue weighted by Crippen LogP contribution is -2.42. The Hall–Kier alpha value is -3.38. The van der Waals surface area contributed by atoms with Crippen molar-refractivity contribution in [2.45, 2.75) is 25.4 Å². The van der Waals surface area contributed by atoms with Gasteiger partial charge in [-0.05, 0) is 60.2 Å². The van der Waals surface area contributed by atoms with Crippen LogP contribution in [-0.2, 0) is 6.54 Å². The standard InChI is InChI=1S/C24H25N3O5S/c1-30-21-6-3-16(13-22(21)31-2)15-26-23(28)19-14-18(32-10-9-25)4-5-20(19)27(24(26)29)17-7-11-33-12-8-17/h3-6,13-14,17H,7-8,10-12,15H2,1-2H3. The lowest BCUT2D eigenvalue weighted by Gasteiger charge is -2.26. The average molecular weight is 468 g/mol. The molecule has 4 rings (SSSR count). The van der Waals surface area contributed by atoms with Crippen LogP contribution in [0.3, 0.4) is 0 Å². The van der Waals surface area contributed by atoms with Gasteiger partial charge in [0.1, 0.15) is 11.8 Å². The van der Waals surface area contributed by atoms with Crippen molar-refractivity contribution in [2.24, 2.45) is 0 Å². The number of fused-ring (bicyclic) bond motifs is 1. The van der Waals surface area contributed by atoms with Crippen molar-refractivity contribution in [3.05, 3.63) is 62.8 Å². The highest BCUT2D eigenvalue weighted by atomic mass is 32.2. The number of hydrogen-bond acceptors (Lipinski definition) is 7. The molecule has 8 nitrogen and oxygen atoms in total. The largest absolute Gasteiger partial charge is 0.493 e. The molecule has 1 saturated heterocycles. The fraction of sp³-hybridized carbons (Fsp3) is 0.375. The highest BCUT2D eigenvalue weighted by molar-refractivity contribution is 7.99. The number of nitrogens with zero attached hydrogens (tertiary/aromatic N) is 3. The Bertz CT molecular complexity index is 1320. The molecule has 1 aromatic heterocycles. The first-order chi connectivity index (χ1) is 16.1. The van der Waals surface area contributed by atoms with Crippen LogP contribution < -0.4 is 25.5 Å². The molecule has 172 valence electrons. The summed E-state index contributed by atoms with van der Waals surface area (Å²) in [5.41, 5.74) is 0.613. The average Bonchev–Trinajstić information content (AvgIpc) is 2.86. The van der Waals surface area contributed by atoms with Crippen LogP contribution in [0.15, 0.2) is 46.0 Å². The normalized spacial score (nSPS) is 14.1. The fourth-order valence-corrected chi connectivity index (χ4v) is 5.25. The van der Waals surface area contributed by atoms with Gasteiger partial charge < -0.3 is 14.2 Å². The monoisotopic (exact) mass is 467 g/mol. The number of methoxy groups -OCH3 is 2. The molecule has 0 amide bonds. The summed E-state index contributed by atoms with van der Waals surface area (Å²) in [6.07, 6.45) is 1.72. The van der Waals surface area contributed by atoms with Crippen molar-refractivity contribution in [3.63, 3.8) is 0 Å². The third-order valence-corrected chi connectivity index (χ3v) is 6.84. The number of nitriles is 1. The molecule has 0 unspecified atom stereocenters. The number of rotatable bonds is 7. The summed E-state index contributed by atoms with van der Waals surface area (Å²) in [6, 6.07) is 12.3. The van der Waals surface area contributed by atoms with E-state index in [1.54, 1.807) is 49.1 Å². The summed E-state index contributed by atoms with van der Waals surface area (Å²) >= 11 is 1.87. The topological polar surface area (TPSA) is 95.5 Å². The molecule has 0 N–H and O–H groups in total. The minimum Gasteiger partial charge on any atom is -0.493 e. The molecule has 0 spiro atoms. The summed E-state index contributed by atoms with van der Waals surface area (Å²) < 4.78 is 19.1. The maximum atomic E-state index is 13.6. The van der Waals surface area contributed by atoms with E-state index in [9.17, 15) is 9.59 Å². The van der Waals surface area contributed by atoms with E-state index < -0.39 is 5.56 Å². The first-order valence-corrected chi connectivity index (χ1v) is 11.8. The van der Waals surface area contributed by atoms with Gasteiger partial charge in [0.2, 0.25) is 0 Å². The zero-order chi connectivity index (χ0) is 23.4. The second-order valence-electron chi connectivity index (χ2n) is 7.70. The SMILES string of the molecule is COc1ccc(Cn2c(=O)c3cc(OCC#N)ccc3n(C3CCSCC3)c2=O)cc1OC. The minimum atomic E-state index is -0.395. The van der Waals surface area contributed by atoms with Crippen LogP contribution in [0.1, 0.15) is 24.4 Å². The van der Waals surface area contributed by atoms with Gasteiger partial charge in [0.05, 0.1) is 31.7 Å². The number of benzene rings is 2. The third kappa shape index (κ3) is 4.57. The molecule has 1 aliphatic rings. The Morgan fingerprint density at radius 3 is 2.52 bits per heavy atom. The molecule has 2 heterocycles. The van der Waals surface area contributed by atoms with Crippen LogP contribution in [0.5, 0.6) is 17.2 Å². The molecule has 1 aliphatic heterocycles. The highest BCUT2D eigenvalue weighted by Crippen LogP contribution is 2.30. The fourth-order valence-electron chi connectivity index (χ4n) is 4.16. The summed E-state index contributed by atoms with van der Waals surface area (Å²) in [6.45, 7) is -0.0243. The van der Waals surface area contributed by atoms with Gasteiger partial charge in [0, 0.05) is 6.04 Å². The van der Waals surface area contributed by atoms with Gasteiger partial charge in [-0.2, -0.15) is 17.0 Å². The molecule has 0 aliphatic carbocycles. The van der Waals surface area contributed by atoms with Crippen LogP contribution in [-0.4, -0.2) is 41.5 Å². The number of ether oxygens (including phenoxy) is 3. The molecule has 2 aromatic carbocycles. The number of thioether (sulfide) groups is 1. The Labute approximate surface area is 195 Å². The second-order valence-corrected chi connectivity index (χ2v) is 8.93. The van der Waals surface area contributed by atoms with Gasteiger partial charge in [-0.25, -0.2) is 4.79 Å². The highest BCUT2D eigenvalue weighted by Gasteiger charge is 2.23. The predicted octanol–water partition coefficient (Wildman–Crippen LogP) is 3.20. The van der Waals surface area contributed by atoms with Crippen LogP contribution in [0, 0.1) is 11.3 Å². The molecule has 33 heavy (non-hydrogen) atoms. The van der Waals surface area contributed by atoms with E-state index in [0.29, 0.717) is 28.2 Å². The van der Waals surface area contributed by atoms with Crippen LogP contribution in [0.4, 0.5) is 0 Å². The molecule has 0 radical (unpaired) electrons. The van der Waals surface area contributed by atoms with Gasteiger partial charge in [-0.3, -0.25) is 13.9 Å². The van der Waals surface area contributed by atoms with Crippen molar-refractivity contribution < 1.29 is 14.2 Å². The van der Waals surface area contributed by atoms with E-state index in [0.717, 1.165) is 29.9 Å². The summed E-state index contributed by atoms with van der Waals surface area (Å²) in [5, 5.41) is 9.22. The van der Waals surface area contributed by atoms with Crippen LogP contribution in [0.25, 0.3) is 10.9 Å². The van der Waals surface area contributed by atoms with Crippen LogP contribution >= 0.6 is 11.8 Å². The smallest absolute Gasteiger partial charge is 0.332 e. The summed E-state index contributed by atoms with van der Waals surface area (Å²) in [4.78, 5) is 27.1. The van der Waals surface area contributed by atoms with E-state index >= 15 is 0 Å². The third-order valence-electron chi connectivity index (χ3n) is 5.79. The number of aromatic nitrogens is 2. The van der Waals surface area contributed by atoms with E-state index in [1.165, 1.54) is 4.57 Å². The van der Waals surface area contributed by atoms with E-state index in [-0.39, 0.29) is 24.9 Å². The van der Waals surface area contributed by atoms with Crippen LogP contribution in [0.2, 0.25) is 0 Å². The maximum absolute atomic E-state index is 13.6. The first-order valence-electron chi connectivity index (χ1n) is 10.6. The minimum absolute atomic E-state index is 0.0179. The van der Waals surface area contributed by atoms with E-state index in [2.05, 4.69) is 0 Å². The van der Waals surface area contributed by atoms with Crippen molar-refractivity contribution in [1.82, 2.24) is 9.13 Å². The second kappa shape index (κ2) is 10.0. The zero-order valence-corrected chi connectivity index (χ0v) is 19.4. The zero-order valence-electron chi connectivity index (χ0n) is 18.6. The molecule has 0 saturated carbocycles. The van der Waals surface area contributed by atoms with Crippen molar-refractivity contribution >= 4 is 22.7 Å². The molecule has 1 fully saturated rings. The molecular formula is C24H25N3O5S. The quantitative estimate of drug-likeness (QED) is 0.527. The molecular weight excluding hydrogens is 442 g/mol. The molecule has 0 atom stereocenters. The van der Waals surface area contributed by atoms with E-state index in [4.69, 9.17) is 19.5 Å². The van der Waals surface area contributed by atoms with Crippen molar-refractivity contribution in [2.75, 3.05) is 32.3 Å². The molecule has 0 bridgehead atoms. The summed E-state index contributed by atoms with van der Waals surface area (Å²) in [5.74, 6) is 3.46. The molecule has 9 heteroatoms. The summed E-state index contributed by atoms with van der Waals surface area (Å²) in [7, 11) is 3.10. The van der Waals surface area contributed by atoms with Crippen molar-refractivity contribution in [3.8, 4) is 23.3 Å². The Morgan fingerprint density at radius 1 is 1.06 bits per heavy atom. The Kier molecular flexibility index (Phi) is 6.94. The first kappa shape index (κ1) is 22.8. The van der Waals surface area contributed by atoms with Gasteiger partial charge in [-0.1, -0.05) is 6.07 Å². The van der Waals surface area contributed by atoms with Crippen molar-refractivity contribution in [1.29, 1.82) is 5.26 Å². The van der Waals surface area contributed by atoms with Gasteiger partial charge in [-0.15, -0.1) is 0 Å². The van der Waals surface area contributed by atoms with Gasteiger partial charge in [0.25, 0.3) is 5.56 Å². The van der Waals surface area contributed by atoms with Gasteiger partial charge >= 0.3 is 5.69 Å². The lowest BCUT2D eigenvalue weighted by molar-refractivity contribution is 0.354. The lowest BCUT2D eigenvalue weighted by atomic mass is 10.1. The van der Waals surface area contributed by atoms with E-state index in [1.807, 2.05) is 23.9 Å². The Morgan fingerprint density at radius 2 is 1.82 bits per heavy atom.